The van der Waals surface area contributed by atoms with Crippen LogP contribution in [0.25, 0.3) is 11.3 Å². The summed E-state index contributed by atoms with van der Waals surface area (Å²) in [5.41, 5.74) is 1.63. The van der Waals surface area contributed by atoms with E-state index in [9.17, 15) is 4.39 Å². The van der Waals surface area contributed by atoms with Gasteiger partial charge in [0.2, 0.25) is 5.88 Å². The summed E-state index contributed by atoms with van der Waals surface area (Å²) in [7, 11) is 0. The number of hydrogen-bond donors (Lipinski definition) is 0. The molecular weight excluding hydrogens is 437 g/mol. The van der Waals surface area contributed by atoms with Crippen LogP contribution < -0.4 is 4.74 Å². The molecule has 6 heteroatoms. The van der Waals surface area contributed by atoms with E-state index in [4.69, 9.17) is 16.3 Å². The first-order valence-electron chi connectivity index (χ1n) is 12.4. The van der Waals surface area contributed by atoms with Gasteiger partial charge in [0.05, 0.1) is 17.3 Å². The van der Waals surface area contributed by atoms with E-state index in [1.165, 1.54) is 76.4 Å². The average molecular weight is 468 g/mol. The van der Waals surface area contributed by atoms with Gasteiger partial charge < -0.3 is 9.64 Å². The number of allylic oxidation sites excluding steroid dienone is 2. The summed E-state index contributed by atoms with van der Waals surface area (Å²) in [5.74, 6) is 3.42. The van der Waals surface area contributed by atoms with E-state index >= 15 is 0 Å². The number of halogens is 2. The van der Waals surface area contributed by atoms with Gasteiger partial charge in [0.25, 0.3) is 0 Å². The van der Waals surface area contributed by atoms with Crippen LogP contribution in [0.4, 0.5) is 4.39 Å². The zero-order valence-electron chi connectivity index (χ0n) is 18.9. The van der Waals surface area contributed by atoms with Crippen LogP contribution in [0.15, 0.2) is 42.5 Å². The standard InChI is InChI=1S/C27H31ClFN3O/c28-24-4-3-22(29)13-23(24)25-5-6-26(31-30-25)33-17-19-14-27(15-19)7-9-32(10-8-27)16-21-12-18-1-2-20(21)11-18/h1-6,13,18-21H,7-12,14-17H2. The Morgan fingerprint density at radius 3 is 2.61 bits per heavy atom. The number of nitrogens with zero attached hydrogens (tertiary/aromatic N) is 3. The second kappa shape index (κ2) is 8.66. The van der Waals surface area contributed by atoms with Gasteiger partial charge in [0, 0.05) is 18.2 Å². The van der Waals surface area contributed by atoms with Gasteiger partial charge in [-0.1, -0.05) is 23.8 Å². The van der Waals surface area contributed by atoms with Crippen LogP contribution in [0, 0.1) is 34.9 Å². The molecule has 33 heavy (non-hydrogen) atoms. The number of benzene rings is 1. The number of likely N-dealkylation sites (tertiary alicyclic amines) is 1. The first-order chi connectivity index (χ1) is 16.1. The van der Waals surface area contributed by atoms with E-state index in [0.29, 0.717) is 40.1 Å². The summed E-state index contributed by atoms with van der Waals surface area (Å²) >= 11 is 6.17. The maximum Gasteiger partial charge on any atom is 0.233 e. The summed E-state index contributed by atoms with van der Waals surface area (Å²) in [5, 5.41) is 8.81. The molecule has 4 aliphatic rings. The number of fused-ring (bicyclic) bond motifs is 2. The Bertz CT molecular complexity index is 1030. The molecule has 0 radical (unpaired) electrons. The maximum absolute atomic E-state index is 13.5. The second-order valence-electron chi connectivity index (χ2n) is 10.8. The van der Waals surface area contributed by atoms with Crippen LogP contribution in [-0.4, -0.2) is 41.3 Å². The molecule has 1 saturated heterocycles. The van der Waals surface area contributed by atoms with Crippen molar-refractivity contribution in [2.24, 2.45) is 29.1 Å². The average Bonchev–Trinajstić information content (AvgIpc) is 3.43. The Labute approximate surface area is 200 Å². The topological polar surface area (TPSA) is 38.2 Å². The van der Waals surface area contributed by atoms with E-state index in [2.05, 4.69) is 27.2 Å². The number of piperidine rings is 1. The molecule has 4 nitrogen and oxygen atoms in total. The number of hydrogen-bond acceptors (Lipinski definition) is 4. The Kier molecular flexibility index (Phi) is 5.66. The van der Waals surface area contributed by atoms with Gasteiger partial charge in [-0.2, -0.15) is 0 Å². The molecule has 3 aliphatic carbocycles. The highest BCUT2D eigenvalue weighted by Gasteiger charge is 2.46. The SMILES string of the molecule is Fc1ccc(Cl)c(-c2ccc(OCC3CC4(CCN(CC5CC6C=CC5C6)CC4)C3)nn2)c1. The molecule has 2 bridgehead atoms. The highest BCUT2D eigenvalue weighted by atomic mass is 35.5. The zero-order valence-corrected chi connectivity index (χ0v) is 19.7. The predicted octanol–water partition coefficient (Wildman–Crippen LogP) is 6.02. The van der Waals surface area contributed by atoms with Crippen molar-refractivity contribution in [3.63, 3.8) is 0 Å². The second-order valence-corrected chi connectivity index (χ2v) is 11.2. The van der Waals surface area contributed by atoms with E-state index in [1.54, 1.807) is 12.1 Å². The lowest BCUT2D eigenvalue weighted by molar-refractivity contribution is -0.0333. The van der Waals surface area contributed by atoms with Gasteiger partial charge in [-0.15, -0.1) is 10.2 Å². The monoisotopic (exact) mass is 467 g/mol. The fourth-order valence-electron chi connectivity index (χ4n) is 6.77. The predicted molar refractivity (Wildman–Crippen MR) is 128 cm³/mol. The summed E-state index contributed by atoms with van der Waals surface area (Å²) in [6, 6.07) is 7.82. The maximum atomic E-state index is 13.5. The minimum Gasteiger partial charge on any atom is -0.476 e. The molecule has 3 atom stereocenters. The molecule has 3 unspecified atom stereocenters. The summed E-state index contributed by atoms with van der Waals surface area (Å²) in [4.78, 5) is 2.73. The number of aromatic nitrogens is 2. The van der Waals surface area contributed by atoms with Crippen LogP contribution in [0.2, 0.25) is 5.02 Å². The minimum absolute atomic E-state index is 0.344. The number of rotatable bonds is 6. The fourth-order valence-corrected chi connectivity index (χ4v) is 6.99. The van der Waals surface area contributed by atoms with Crippen molar-refractivity contribution in [1.82, 2.24) is 15.1 Å². The van der Waals surface area contributed by atoms with Crippen LogP contribution in [0.1, 0.15) is 38.5 Å². The molecule has 6 rings (SSSR count). The third-order valence-corrected chi connectivity index (χ3v) is 8.91. The molecule has 0 amide bonds. The molecular formula is C27H31ClFN3O. The first-order valence-corrected chi connectivity index (χ1v) is 12.8. The lowest BCUT2D eigenvalue weighted by atomic mass is 9.58. The van der Waals surface area contributed by atoms with Gasteiger partial charge in [0.1, 0.15) is 5.82 Å². The van der Waals surface area contributed by atoms with E-state index < -0.39 is 0 Å². The summed E-state index contributed by atoms with van der Waals surface area (Å²) in [6.45, 7) is 4.53. The fraction of sp³-hybridized carbons (Fsp3) is 0.556. The van der Waals surface area contributed by atoms with Gasteiger partial charge >= 0.3 is 0 Å². The van der Waals surface area contributed by atoms with Gasteiger partial charge in [-0.25, -0.2) is 4.39 Å². The van der Waals surface area contributed by atoms with E-state index in [-0.39, 0.29) is 5.82 Å². The highest BCUT2D eigenvalue weighted by molar-refractivity contribution is 6.33. The summed E-state index contributed by atoms with van der Waals surface area (Å²) < 4.78 is 19.5. The van der Waals surface area contributed by atoms with Crippen LogP contribution in [0.3, 0.4) is 0 Å². The smallest absolute Gasteiger partial charge is 0.233 e. The molecule has 3 fully saturated rings. The molecule has 2 heterocycles. The lowest BCUT2D eigenvalue weighted by Gasteiger charge is -2.52. The Morgan fingerprint density at radius 1 is 1.06 bits per heavy atom. The Hall–Kier alpha value is -1.98. The Morgan fingerprint density at radius 2 is 1.91 bits per heavy atom. The van der Waals surface area contributed by atoms with Crippen molar-refractivity contribution in [2.45, 2.75) is 38.5 Å². The van der Waals surface area contributed by atoms with Gasteiger partial charge in [-0.3, -0.25) is 0 Å². The molecule has 1 aliphatic heterocycles. The molecule has 0 N–H and O–H groups in total. The molecule has 2 aromatic rings. The van der Waals surface area contributed by atoms with Crippen molar-refractivity contribution in [2.75, 3.05) is 26.2 Å². The largest absolute Gasteiger partial charge is 0.476 e. The van der Waals surface area contributed by atoms with Crippen molar-refractivity contribution >= 4 is 11.6 Å². The van der Waals surface area contributed by atoms with Crippen molar-refractivity contribution in [1.29, 1.82) is 0 Å². The van der Waals surface area contributed by atoms with Crippen LogP contribution in [0.5, 0.6) is 5.88 Å². The van der Waals surface area contributed by atoms with E-state index in [0.717, 1.165) is 17.8 Å². The van der Waals surface area contributed by atoms with Crippen molar-refractivity contribution in [3.8, 4) is 17.1 Å². The molecule has 1 spiro atoms. The van der Waals surface area contributed by atoms with Crippen molar-refractivity contribution < 1.29 is 9.13 Å². The number of ether oxygens (including phenoxy) is 1. The molecule has 1 aromatic heterocycles. The highest BCUT2D eigenvalue weighted by Crippen LogP contribution is 2.53. The molecule has 174 valence electrons. The quantitative estimate of drug-likeness (QED) is 0.487. The molecule has 2 saturated carbocycles. The first kappa shape index (κ1) is 21.5. The third-order valence-electron chi connectivity index (χ3n) is 8.58. The van der Waals surface area contributed by atoms with Crippen LogP contribution >= 0.6 is 11.6 Å². The lowest BCUT2D eigenvalue weighted by Crippen LogP contribution is -2.49. The Balaban J connectivity index is 0.950. The summed E-state index contributed by atoms with van der Waals surface area (Å²) in [6.07, 6.45) is 13.0. The zero-order chi connectivity index (χ0) is 22.4. The van der Waals surface area contributed by atoms with Crippen molar-refractivity contribution in [3.05, 3.63) is 53.3 Å². The normalized spacial score (nSPS) is 28.4. The van der Waals surface area contributed by atoms with Crippen LogP contribution in [-0.2, 0) is 0 Å². The van der Waals surface area contributed by atoms with Gasteiger partial charge in [-0.05, 0) is 105 Å². The van der Waals surface area contributed by atoms with E-state index in [1.807, 2.05) is 0 Å². The minimum atomic E-state index is -0.344. The third kappa shape index (κ3) is 4.42. The van der Waals surface area contributed by atoms with Gasteiger partial charge in [0.15, 0.2) is 0 Å². The molecule has 1 aromatic carbocycles.